The van der Waals surface area contributed by atoms with Gasteiger partial charge in [0.05, 0.1) is 5.69 Å². The molecule has 6 nitrogen and oxygen atoms in total. The number of nitrogens with zero attached hydrogens (tertiary/aromatic N) is 2. The van der Waals surface area contributed by atoms with Gasteiger partial charge in [0.25, 0.3) is 5.91 Å². The van der Waals surface area contributed by atoms with Gasteiger partial charge in [0.1, 0.15) is 6.54 Å². The Morgan fingerprint density at radius 1 is 1.10 bits per heavy atom. The second kappa shape index (κ2) is 9.22. The van der Waals surface area contributed by atoms with E-state index in [4.69, 9.17) is 0 Å². The molecule has 30 heavy (non-hydrogen) atoms. The van der Waals surface area contributed by atoms with Crippen LogP contribution in [0.1, 0.15) is 18.4 Å². The number of carbonyl (C=O) groups excluding carboxylic acids is 3. The Morgan fingerprint density at radius 2 is 1.87 bits per heavy atom. The largest absolute Gasteiger partial charge is 0.350 e. The van der Waals surface area contributed by atoms with E-state index in [1.165, 1.54) is 16.7 Å². The number of hydrogen-bond donors (Lipinski definition) is 1. The van der Waals surface area contributed by atoms with Crippen molar-refractivity contribution >= 4 is 51.1 Å². The van der Waals surface area contributed by atoms with Crippen molar-refractivity contribution in [2.75, 3.05) is 24.5 Å². The summed E-state index contributed by atoms with van der Waals surface area (Å²) in [5.74, 6) is -0.748. The lowest BCUT2D eigenvalue weighted by Crippen LogP contribution is -2.51. The number of nitrogens with one attached hydrogen (secondary N) is 1. The summed E-state index contributed by atoms with van der Waals surface area (Å²) in [5, 5.41) is 2.03. The molecule has 0 saturated carbocycles. The number of thioether (sulfide) groups is 1. The number of fused-ring (bicyclic) bond motifs is 1. The minimum Gasteiger partial charge on any atom is -0.350 e. The van der Waals surface area contributed by atoms with E-state index < -0.39 is 5.25 Å². The van der Waals surface area contributed by atoms with Gasteiger partial charge in [-0.3, -0.25) is 14.4 Å². The molecular weight excluding hydrogens is 466 g/mol. The summed E-state index contributed by atoms with van der Waals surface area (Å²) in [6.07, 6.45) is 1.94. The Balaban J connectivity index is 1.49. The molecule has 0 aromatic heterocycles. The molecule has 1 unspecified atom stereocenters. The number of halogens is 1. The third-order valence-electron chi connectivity index (χ3n) is 5.21. The van der Waals surface area contributed by atoms with Crippen LogP contribution in [0.15, 0.2) is 57.9 Å². The van der Waals surface area contributed by atoms with Crippen molar-refractivity contribution in [3.8, 4) is 0 Å². The highest BCUT2D eigenvalue weighted by molar-refractivity contribution is 9.10. The summed E-state index contributed by atoms with van der Waals surface area (Å²) in [6, 6.07) is 15.1. The lowest BCUT2D eigenvalue weighted by atomic mass is 10.2. The molecule has 2 aromatic rings. The maximum Gasteiger partial charge on any atom is 0.250 e. The predicted octanol–water partition coefficient (Wildman–Crippen LogP) is 3.20. The minimum absolute atomic E-state index is 0.117. The molecule has 2 aliphatic rings. The average Bonchev–Trinajstić information content (AvgIpc) is 3.28. The molecule has 8 heteroatoms. The van der Waals surface area contributed by atoms with Gasteiger partial charge in [-0.2, -0.15) is 0 Å². The topological polar surface area (TPSA) is 69.7 Å². The molecule has 0 spiro atoms. The summed E-state index contributed by atoms with van der Waals surface area (Å²) in [4.78, 5) is 42.8. The van der Waals surface area contributed by atoms with E-state index in [0.29, 0.717) is 25.3 Å². The number of likely N-dealkylation sites (tertiary alicyclic amines) is 1. The predicted molar refractivity (Wildman–Crippen MR) is 120 cm³/mol. The van der Waals surface area contributed by atoms with Gasteiger partial charge in [-0.15, -0.1) is 11.8 Å². The van der Waals surface area contributed by atoms with E-state index in [0.717, 1.165) is 27.8 Å². The summed E-state index contributed by atoms with van der Waals surface area (Å²) in [5.41, 5.74) is 1.64. The Kier molecular flexibility index (Phi) is 6.43. The molecule has 2 aliphatic heterocycles. The van der Waals surface area contributed by atoms with Crippen LogP contribution in [-0.2, 0) is 20.9 Å². The van der Waals surface area contributed by atoms with Crippen LogP contribution < -0.4 is 10.2 Å². The van der Waals surface area contributed by atoms with Gasteiger partial charge in [-0.25, -0.2) is 0 Å². The van der Waals surface area contributed by atoms with Gasteiger partial charge in [-0.1, -0.05) is 40.2 Å². The lowest BCUT2D eigenvalue weighted by Gasteiger charge is -2.34. The molecule has 2 heterocycles. The average molecular weight is 488 g/mol. The molecule has 0 aliphatic carbocycles. The molecule has 1 saturated heterocycles. The van der Waals surface area contributed by atoms with Crippen molar-refractivity contribution < 1.29 is 14.4 Å². The number of anilines is 1. The smallest absolute Gasteiger partial charge is 0.250 e. The second-order valence-corrected chi connectivity index (χ2v) is 9.39. The van der Waals surface area contributed by atoms with Crippen LogP contribution in [0.2, 0.25) is 0 Å². The van der Waals surface area contributed by atoms with E-state index in [-0.39, 0.29) is 24.3 Å². The summed E-state index contributed by atoms with van der Waals surface area (Å²) in [6.45, 7) is 1.64. The van der Waals surface area contributed by atoms with Gasteiger partial charge in [0.2, 0.25) is 11.8 Å². The van der Waals surface area contributed by atoms with Crippen molar-refractivity contribution in [3.63, 3.8) is 0 Å². The van der Waals surface area contributed by atoms with Crippen LogP contribution in [0.5, 0.6) is 0 Å². The summed E-state index contributed by atoms with van der Waals surface area (Å²) in [7, 11) is 0. The summed E-state index contributed by atoms with van der Waals surface area (Å²) >= 11 is 4.70. The monoisotopic (exact) mass is 487 g/mol. The van der Waals surface area contributed by atoms with Gasteiger partial charge in [0.15, 0.2) is 5.25 Å². The molecule has 1 fully saturated rings. The molecule has 4 rings (SSSR count). The fourth-order valence-electron chi connectivity index (χ4n) is 3.69. The fraction of sp³-hybridized carbons (Fsp3) is 0.318. The van der Waals surface area contributed by atoms with E-state index in [1.807, 2.05) is 48.5 Å². The molecule has 1 atom stereocenters. The molecular formula is C22H22BrN3O3S. The number of amides is 3. The van der Waals surface area contributed by atoms with Crippen LogP contribution in [0, 0.1) is 0 Å². The standard InChI is InChI=1S/C22H22BrN3O3S/c23-16-7-5-6-15(12-16)13-24-19(27)14-26-17-8-1-2-9-18(17)30-20(22(26)29)21(28)25-10-3-4-11-25/h1-2,5-9,12,20H,3-4,10-11,13-14H2,(H,24,27). The first-order valence-electron chi connectivity index (χ1n) is 9.90. The number of rotatable bonds is 5. The molecule has 2 aromatic carbocycles. The first-order valence-corrected chi connectivity index (χ1v) is 11.6. The van der Waals surface area contributed by atoms with Crippen LogP contribution in [0.4, 0.5) is 5.69 Å². The van der Waals surface area contributed by atoms with E-state index in [9.17, 15) is 14.4 Å². The third-order valence-corrected chi connectivity index (χ3v) is 6.95. The highest BCUT2D eigenvalue weighted by Gasteiger charge is 2.41. The SMILES string of the molecule is O=C(CN1C(=O)C(C(=O)N2CCCC2)Sc2ccccc21)NCc1cccc(Br)c1. The molecule has 0 radical (unpaired) electrons. The second-order valence-electron chi connectivity index (χ2n) is 7.33. The van der Waals surface area contributed by atoms with Crippen molar-refractivity contribution in [3.05, 3.63) is 58.6 Å². The van der Waals surface area contributed by atoms with Crippen LogP contribution >= 0.6 is 27.7 Å². The highest BCUT2D eigenvalue weighted by Crippen LogP contribution is 2.39. The highest BCUT2D eigenvalue weighted by atomic mass is 79.9. The Labute approximate surface area is 188 Å². The summed E-state index contributed by atoms with van der Waals surface area (Å²) < 4.78 is 0.940. The van der Waals surface area contributed by atoms with Gasteiger partial charge in [-0.05, 0) is 42.7 Å². The molecule has 0 bridgehead atoms. The maximum atomic E-state index is 13.2. The lowest BCUT2D eigenvalue weighted by molar-refractivity contribution is -0.134. The fourth-order valence-corrected chi connectivity index (χ4v) is 5.32. The number of hydrogen-bond acceptors (Lipinski definition) is 4. The van der Waals surface area contributed by atoms with Gasteiger partial charge in [0, 0.05) is 29.0 Å². The number of para-hydroxylation sites is 1. The van der Waals surface area contributed by atoms with Crippen LogP contribution in [-0.4, -0.2) is 47.5 Å². The molecule has 3 amide bonds. The molecule has 1 N–H and O–H groups in total. The van der Waals surface area contributed by atoms with Crippen molar-refractivity contribution in [2.24, 2.45) is 0 Å². The zero-order valence-corrected chi connectivity index (χ0v) is 18.7. The molecule has 156 valence electrons. The zero-order chi connectivity index (χ0) is 21.1. The van der Waals surface area contributed by atoms with E-state index in [2.05, 4.69) is 21.2 Å². The Morgan fingerprint density at radius 3 is 2.63 bits per heavy atom. The Hall–Kier alpha value is -2.32. The maximum absolute atomic E-state index is 13.2. The van der Waals surface area contributed by atoms with Gasteiger partial charge < -0.3 is 15.1 Å². The van der Waals surface area contributed by atoms with Crippen LogP contribution in [0.3, 0.4) is 0 Å². The zero-order valence-electron chi connectivity index (χ0n) is 16.3. The first kappa shape index (κ1) is 20.9. The minimum atomic E-state index is -0.837. The third kappa shape index (κ3) is 4.54. The van der Waals surface area contributed by atoms with Gasteiger partial charge >= 0.3 is 0 Å². The first-order chi connectivity index (χ1) is 14.5. The van der Waals surface area contributed by atoms with Crippen molar-refractivity contribution in [1.82, 2.24) is 10.2 Å². The quantitative estimate of drug-likeness (QED) is 0.657. The van der Waals surface area contributed by atoms with E-state index in [1.54, 1.807) is 4.90 Å². The number of carbonyl (C=O) groups is 3. The normalized spacial score (nSPS) is 18.3. The number of benzene rings is 2. The Bertz CT molecular complexity index is 978. The van der Waals surface area contributed by atoms with Crippen molar-refractivity contribution in [1.29, 1.82) is 0 Å². The van der Waals surface area contributed by atoms with Crippen molar-refractivity contribution in [2.45, 2.75) is 29.5 Å². The van der Waals surface area contributed by atoms with Crippen LogP contribution in [0.25, 0.3) is 0 Å². The van der Waals surface area contributed by atoms with E-state index >= 15 is 0 Å².